The van der Waals surface area contributed by atoms with Crippen LogP contribution in [0.1, 0.15) is 58.2 Å². The predicted octanol–water partition coefficient (Wildman–Crippen LogP) is 3.28. The maximum Gasteiger partial charge on any atom is 0.408 e. The molecule has 2 atom stereocenters. The van der Waals surface area contributed by atoms with E-state index < -0.39 is 41.6 Å². The maximum atomic E-state index is 13.8. The molecule has 0 saturated carbocycles. The summed E-state index contributed by atoms with van der Waals surface area (Å²) in [5.41, 5.74) is 0.632. The topological polar surface area (TPSA) is 114 Å². The van der Waals surface area contributed by atoms with Crippen molar-refractivity contribution in [1.29, 1.82) is 0 Å². The second-order valence-corrected chi connectivity index (χ2v) is 9.66. The van der Waals surface area contributed by atoms with Crippen LogP contribution in [0.25, 0.3) is 0 Å². The van der Waals surface area contributed by atoms with Crippen LogP contribution in [0.5, 0.6) is 0 Å². The lowest BCUT2D eigenvalue weighted by Crippen LogP contribution is -2.53. The molecule has 1 aromatic carbocycles. The van der Waals surface area contributed by atoms with E-state index >= 15 is 0 Å². The lowest BCUT2D eigenvalue weighted by Gasteiger charge is -2.34. The van der Waals surface area contributed by atoms with E-state index in [2.05, 4.69) is 21.9 Å². The molecular weight excluding hydrogens is 450 g/mol. The molecule has 1 rings (SSSR count). The molecule has 0 aromatic heterocycles. The highest BCUT2D eigenvalue weighted by Crippen LogP contribution is 2.26. The number of methoxy groups -OCH3 is 1. The highest BCUT2D eigenvalue weighted by Gasteiger charge is 2.36. The van der Waals surface area contributed by atoms with Gasteiger partial charge in [0.2, 0.25) is 11.8 Å². The number of aryl methyl sites for hydroxylation is 1. The Morgan fingerprint density at radius 1 is 1.14 bits per heavy atom. The van der Waals surface area contributed by atoms with Crippen molar-refractivity contribution >= 4 is 23.9 Å². The molecule has 0 aliphatic rings. The van der Waals surface area contributed by atoms with E-state index in [0.29, 0.717) is 12.0 Å². The van der Waals surface area contributed by atoms with Gasteiger partial charge in [0.25, 0.3) is 0 Å². The molecule has 3 amide bonds. The molecule has 0 bridgehead atoms. The van der Waals surface area contributed by atoms with Crippen molar-refractivity contribution in [1.82, 2.24) is 15.5 Å². The summed E-state index contributed by atoms with van der Waals surface area (Å²) in [5, 5.41) is 5.22. The molecule has 0 spiro atoms. The summed E-state index contributed by atoms with van der Waals surface area (Å²) in [7, 11) is 1.22. The van der Waals surface area contributed by atoms with E-state index in [1.165, 1.54) is 18.1 Å². The van der Waals surface area contributed by atoms with Crippen molar-refractivity contribution in [3.63, 3.8) is 0 Å². The number of carbonyl (C=O) groups excluding carboxylic acids is 4. The van der Waals surface area contributed by atoms with Crippen molar-refractivity contribution in [2.75, 3.05) is 20.2 Å². The number of rotatable bonds is 11. The number of hydrogen-bond acceptors (Lipinski definition) is 6. The molecule has 0 aliphatic carbocycles. The Balaban J connectivity index is 3.43. The van der Waals surface area contributed by atoms with Crippen LogP contribution >= 0.6 is 0 Å². The number of esters is 1. The maximum absolute atomic E-state index is 13.8. The van der Waals surface area contributed by atoms with Crippen LogP contribution in [0.3, 0.4) is 0 Å². The molecule has 0 aliphatic heterocycles. The monoisotopic (exact) mass is 489 g/mol. The molecular formula is C26H39N3O6. The number of ether oxygens (including phenoxy) is 2. The second kappa shape index (κ2) is 13.5. The van der Waals surface area contributed by atoms with Crippen molar-refractivity contribution < 1.29 is 28.7 Å². The number of hydrogen-bond donors (Lipinski definition) is 2. The lowest BCUT2D eigenvalue weighted by atomic mass is 9.96. The van der Waals surface area contributed by atoms with Crippen LogP contribution < -0.4 is 10.6 Å². The standard InChI is InChI=1S/C26H39N3O6/c1-9-14-29(24(32)20(15-17(2)3)28-25(33)35-26(5,6)7)22(19-13-11-10-12-18(19)4)23(31)27-16-21(30)34-8/h9-13,17,20,22H,1,14-16H2,2-8H3,(H,27,31)(H,28,33). The number of alkyl carbamates (subject to hydrolysis) is 1. The van der Waals surface area contributed by atoms with Gasteiger partial charge in [-0.05, 0) is 51.2 Å². The smallest absolute Gasteiger partial charge is 0.408 e. The second-order valence-electron chi connectivity index (χ2n) is 9.66. The molecule has 194 valence electrons. The third kappa shape index (κ3) is 9.80. The summed E-state index contributed by atoms with van der Waals surface area (Å²) in [5.74, 6) is -1.58. The Morgan fingerprint density at radius 2 is 1.77 bits per heavy atom. The van der Waals surface area contributed by atoms with Crippen molar-refractivity contribution in [3.8, 4) is 0 Å². The Kier molecular flexibility index (Phi) is 11.5. The molecule has 9 heteroatoms. The van der Waals surface area contributed by atoms with Gasteiger partial charge in [0, 0.05) is 6.54 Å². The van der Waals surface area contributed by atoms with E-state index in [0.717, 1.165) is 5.56 Å². The zero-order valence-electron chi connectivity index (χ0n) is 21.8. The summed E-state index contributed by atoms with van der Waals surface area (Å²) in [6, 6.07) is 5.17. The molecule has 2 unspecified atom stereocenters. The van der Waals surface area contributed by atoms with Crippen LogP contribution in [0.15, 0.2) is 36.9 Å². The summed E-state index contributed by atoms with van der Waals surface area (Å²) in [6.45, 7) is 14.3. The molecule has 0 fully saturated rings. The Bertz CT molecular complexity index is 907. The SMILES string of the molecule is C=CCN(C(=O)C(CC(C)C)NC(=O)OC(C)(C)C)C(C(=O)NCC(=O)OC)c1ccccc1C. The van der Waals surface area contributed by atoms with E-state index in [1.54, 1.807) is 32.9 Å². The van der Waals surface area contributed by atoms with Gasteiger partial charge >= 0.3 is 12.1 Å². The van der Waals surface area contributed by atoms with E-state index in [4.69, 9.17) is 4.74 Å². The molecule has 0 saturated heterocycles. The van der Waals surface area contributed by atoms with Crippen LogP contribution in [0.4, 0.5) is 4.79 Å². The minimum atomic E-state index is -1.07. The summed E-state index contributed by atoms with van der Waals surface area (Å²) in [4.78, 5) is 52.7. The third-order valence-corrected chi connectivity index (χ3v) is 4.98. The van der Waals surface area contributed by atoms with E-state index in [9.17, 15) is 19.2 Å². The summed E-state index contributed by atoms with van der Waals surface area (Å²) in [6.07, 6.45) is 1.12. The highest BCUT2D eigenvalue weighted by molar-refractivity contribution is 5.93. The Morgan fingerprint density at radius 3 is 2.29 bits per heavy atom. The first kappa shape index (κ1) is 29.7. The zero-order valence-corrected chi connectivity index (χ0v) is 21.8. The number of benzene rings is 1. The van der Waals surface area contributed by atoms with Gasteiger partial charge < -0.3 is 25.0 Å². The first-order valence-electron chi connectivity index (χ1n) is 11.6. The summed E-state index contributed by atoms with van der Waals surface area (Å²) >= 11 is 0. The fourth-order valence-electron chi connectivity index (χ4n) is 3.48. The number of amides is 3. The largest absolute Gasteiger partial charge is 0.468 e. The van der Waals surface area contributed by atoms with Gasteiger partial charge in [0.05, 0.1) is 7.11 Å². The van der Waals surface area contributed by atoms with Gasteiger partial charge in [-0.1, -0.05) is 44.2 Å². The molecule has 1 aromatic rings. The molecule has 35 heavy (non-hydrogen) atoms. The zero-order chi connectivity index (χ0) is 26.8. The molecule has 0 radical (unpaired) electrons. The van der Waals surface area contributed by atoms with Gasteiger partial charge in [0.15, 0.2) is 0 Å². The minimum absolute atomic E-state index is 0.0358. The van der Waals surface area contributed by atoms with Crippen molar-refractivity contribution in [3.05, 3.63) is 48.0 Å². The average Bonchev–Trinajstić information content (AvgIpc) is 2.75. The fraction of sp³-hybridized carbons (Fsp3) is 0.538. The highest BCUT2D eigenvalue weighted by atomic mass is 16.6. The predicted molar refractivity (Wildman–Crippen MR) is 133 cm³/mol. The third-order valence-electron chi connectivity index (χ3n) is 4.98. The van der Waals surface area contributed by atoms with Crippen molar-refractivity contribution in [2.45, 2.75) is 65.6 Å². The van der Waals surface area contributed by atoms with Crippen LogP contribution in [-0.2, 0) is 23.9 Å². The van der Waals surface area contributed by atoms with Crippen molar-refractivity contribution in [2.24, 2.45) is 5.92 Å². The molecule has 9 nitrogen and oxygen atoms in total. The number of nitrogens with zero attached hydrogens (tertiary/aromatic N) is 1. The van der Waals surface area contributed by atoms with Gasteiger partial charge in [-0.15, -0.1) is 6.58 Å². The normalized spacial score (nSPS) is 12.8. The van der Waals surface area contributed by atoms with Crippen LogP contribution in [0, 0.1) is 12.8 Å². The van der Waals surface area contributed by atoms with Gasteiger partial charge in [-0.3, -0.25) is 14.4 Å². The number of nitrogens with one attached hydrogen (secondary N) is 2. The Hall–Kier alpha value is -3.36. The van der Waals surface area contributed by atoms with Gasteiger partial charge in [-0.25, -0.2) is 4.79 Å². The quantitative estimate of drug-likeness (QED) is 0.364. The molecule has 0 heterocycles. The van der Waals surface area contributed by atoms with Crippen LogP contribution in [0.2, 0.25) is 0 Å². The first-order chi connectivity index (χ1) is 16.3. The summed E-state index contributed by atoms with van der Waals surface area (Å²) < 4.78 is 9.98. The molecule has 2 N–H and O–H groups in total. The lowest BCUT2D eigenvalue weighted by molar-refractivity contribution is -0.144. The van der Waals surface area contributed by atoms with Gasteiger partial charge in [-0.2, -0.15) is 0 Å². The van der Waals surface area contributed by atoms with E-state index in [-0.39, 0.29) is 19.0 Å². The van der Waals surface area contributed by atoms with Gasteiger partial charge in [0.1, 0.15) is 24.2 Å². The minimum Gasteiger partial charge on any atom is -0.468 e. The van der Waals surface area contributed by atoms with E-state index in [1.807, 2.05) is 32.9 Å². The Labute approximate surface area is 208 Å². The van der Waals surface area contributed by atoms with Crippen LogP contribution in [-0.4, -0.2) is 60.6 Å². The fourth-order valence-corrected chi connectivity index (χ4v) is 3.48. The first-order valence-corrected chi connectivity index (χ1v) is 11.6. The average molecular weight is 490 g/mol. The number of carbonyl (C=O) groups is 4.